The van der Waals surface area contributed by atoms with Crippen LogP contribution in [0.1, 0.15) is 57.4 Å². The van der Waals surface area contributed by atoms with Crippen molar-refractivity contribution in [2.45, 2.75) is 59.5 Å². The van der Waals surface area contributed by atoms with Crippen LogP contribution in [0, 0.1) is 34.6 Å². The maximum Gasteiger partial charge on any atom is 0.260 e. The van der Waals surface area contributed by atoms with E-state index in [1.54, 1.807) is 0 Å². The Bertz CT molecular complexity index is 1100. The van der Waals surface area contributed by atoms with Gasteiger partial charge in [0.25, 0.3) is 5.91 Å². The first kappa shape index (κ1) is 22.7. The number of nitrogens with zero attached hydrogens (tertiary/aromatic N) is 1. The number of carbonyl (C=O) groups is 2. The number of fused-ring (bicyclic) bond motifs is 1. The highest BCUT2D eigenvalue weighted by Gasteiger charge is 2.44. The summed E-state index contributed by atoms with van der Waals surface area (Å²) in [6.07, 6.45) is 1.56. The summed E-state index contributed by atoms with van der Waals surface area (Å²) in [6.45, 7) is 11.0. The van der Waals surface area contributed by atoms with E-state index in [0.717, 1.165) is 33.6 Å². The van der Waals surface area contributed by atoms with Crippen LogP contribution in [0.2, 0.25) is 5.02 Å². The summed E-state index contributed by atoms with van der Waals surface area (Å²) in [5.74, 6) is 1.40. The molecule has 1 fully saturated rings. The number of carbonyl (C=O) groups excluding carboxylic acids is 2. The molecule has 2 aliphatic heterocycles. The highest BCUT2D eigenvalue weighted by atomic mass is 35.5. The van der Waals surface area contributed by atoms with Gasteiger partial charge in [0.05, 0.1) is 12.0 Å². The first-order valence-corrected chi connectivity index (χ1v) is 11.5. The SMILES string of the molecule is Cc1cc(C)c(C)c(OCC(=O)N2CCC3(CC2)CC(=O)c2c(cc(C)c(Cl)c2C)O3)c1. The second-order valence-corrected chi connectivity index (χ2v) is 9.64. The zero-order chi connectivity index (χ0) is 23.2. The monoisotopic (exact) mass is 455 g/mol. The number of piperidine rings is 1. The molecule has 0 unspecified atom stereocenters. The molecular formula is C26H30ClNO4. The maximum absolute atomic E-state index is 13.0. The minimum atomic E-state index is -0.557. The molecule has 6 heteroatoms. The van der Waals surface area contributed by atoms with Gasteiger partial charge in [0.2, 0.25) is 0 Å². The molecule has 1 spiro atoms. The minimum absolute atomic E-state index is 0.0102. The number of ether oxygens (including phenoxy) is 2. The van der Waals surface area contributed by atoms with Gasteiger partial charge in [-0.1, -0.05) is 17.7 Å². The average molecular weight is 456 g/mol. The number of ketones is 1. The number of aryl methyl sites for hydroxylation is 3. The predicted molar refractivity (Wildman–Crippen MR) is 125 cm³/mol. The van der Waals surface area contributed by atoms with Crippen molar-refractivity contribution in [2.75, 3.05) is 19.7 Å². The van der Waals surface area contributed by atoms with E-state index >= 15 is 0 Å². The lowest BCUT2D eigenvalue weighted by molar-refractivity contribution is -0.136. The molecule has 2 heterocycles. The fourth-order valence-corrected chi connectivity index (χ4v) is 4.97. The number of Topliss-reactive ketones (excluding diaryl/α,β-unsaturated/α-hetero) is 1. The third-order valence-corrected chi connectivity index (χ3v) is 7.46. The molecule has 0 aromatic heterocycles. The Labute approximate surface area is 194 Å². The lowest BCUT2D eigenvalue weighted by Gasteiger charge is -2.44. The van der Waals surface area contributed by atoms with Crippen LogP contribution in [0.25, 0.3) is 0 Å². The van der Waals surface area contributed by atoms with Gasteiger partial charge in [0.15, 0.2) is 12.4 Å². The third kappa shape index (κ3) is 4.11. The molecule has 2 aliphatic rings. The molecular weight excluding hydrogens is 426 g/mol. The number of benzene rings is 2. The van der Waals surface area contributed by atoms with Crippen LogP contribution in [-0.2, 0) is 4.79 Å². The van der Waals surface area contributed by atoms with Gasteiger partial charge in [-0.05, 0) is 74.6 Å². The molecule has 4 rings (SSSR count). The van der Waals surface area contributed by atoms with E-state index in [-0.39, 0.29) is 18.3 Å². The van der Waals surface area contributed by atoms with Crippen molar-refractivity contribution in [1.29, 1.82) is 0 Å². The summed E-state index contributed by atoms with van der Waals surface area (Å²) in [5.41, 5.74) is 5.05. The van der Waals surface area contributed by atoms with Crippen LogP contribution < -0.4 is 9.47 Å². The van der Waals surface area contributed by atoms with Gasteiger partial charge in [-0.3, -0.25) is 9.59 Å². The molecule has 0 radical (unpaired) electrons. The molecule has 170 valence electrons. The van der Waals surface area contributed by atoms with E-state index in [1.165, 1.54) is 0 Å². The van der Waals surface area contributed by atoms with E-state index in [9.17, 15) is 9.59 Å². The fourth-order valence-electron chi connectivity index (χ4n) is 4.82. The fraction of sp³-hybridized carbons (Fsp3) is 0.462. The largest absolute Gasteiger partial charge is 0.486 e. The topological polar surface area (TPSA) is 55.8 Å². The Morgan fingerprint density at radius 2 is 1.75 bits per heavy atom. The summed E-state index contributed by atoms with van der Waals surface area (Å²) in [7, 11) is 0. The summed E-state index contributed by atoms with van der Waals surface area (Å²) in [5, 5.41) is 0.621. The van der Waals surface area contributed by atoms with E-state index in [0.29, 0.717) is 48.7 Å². The van der Waals surface area contributed by atoms with Gasteiger partial charge in [-0.15, -0.1) is 0 Å². The number of hydrogen-bond donors (Lipinski definition) is 0. The molecule has 0 N–H and O–H groups in total. The third-order valence-electron chi connectivity index (χ3n) is 6.88. The maximum atomic E-state index is 13.0. The summed E-state index contributed by atoms with van der Waals surface area (Å²) >= 11 is 6.35. The van der Waals surface area contributed by atoms with E-state index in [2.05, 4.69) is 6.07 Å². The first-order chi connectivity index (χ1) is 15.1. The number of rotatable bonds is 3. The number of amides is 1. The Morgan fingerprint density at radius 1 is 1.06 bits per heavy atom. The second-order valence-electron chi connectivity index (χ2n) is 9.27. The van der Waals surface area contributed by atoms with Crippen molar-refractivity contribution in [3.05, 3.63) is 56.6 Å². The Kier molecular flexibility index (Phi) is 5.97. The Balaban J connectivity index is 1.41. The van der Waals surface area contributed by atoms with Gasteiger partial charge in [-0.25, -0.2) is 0 Å². The quantitative estimate of drug-likeness (QED) is 0.631. The smallest absolute Gasteiger partial charge is 0.260 e. The zero-order valence-corrected chi connectivity index (χ0v) is 20.2. The van der Waals surface area contributed by atoms with Gasteiger partial charge in [0, 0.05) is 31.0 Å². The standard InChI is InChI=1S/C26H30ClNO4/c1-15-10-16(2)18(4)21(11-15)31-14-23(30)28-8-6-26(7-9-28)13-20(29)24-19(5)25(27)17(3)12-22(24)32-26/h10-12H,6-9,13-14H2,1-5H3. The van der Waals surface area contributed by atoms with Crippen LogP contribution in [0.5, 0.6) is 11.5 Å². The van der Waals surface area contributed by atoms with Crippen LogP contribution in [0.3, 0.4) is 0 Å². The van der Waals surface area contributed by atoms with E-state index in [4.69, 9.17) is 21.1 Å². The Hall–Kier alpha value is -2.53. The summed E-state index contributed by atoms with van der Waals surface area (Å²) in [6, 6.07) is 5.94. The molecule has 2 aromatic rings. The minimum Gasteiger partial charge on any atom is -0.486 e. The van der Waals surface area contributed by atoms with Crippen molar-refractivity contribution in [2.24, 2.45) is 0 Å². The number of hydrogen-bond acceptors (Lipinski definition) is 4. The lowest BCUT2D eigenvalue weighted by Crippen LogP contribution is -2.53. The summed E-state index contributed by atoms with van der Waals surface area (Å²) in [4.78, 5) is 27.6. The molecule has 2 aromatic carbocycles. The van der Waals surface area contributed by atoms with Crippen molar-refractivity contribution >= 4 is 23.3 Å². The first-order valence-electron chi connectivity index (χ1n) is 11.1. The van der Waals surface area contributed by atoms with Crippen LogP contribution in [0.15, 0.2) is 18.2 Å². The second kappa shape index (κ2) is 8.43. The number of halogens is 1. The lowest BCUT2D eigenvalue weighted by atomic mass is 9.81. The van der Waals surface area contributed by atoms with E-state index in [1.807, 2.05) is 51.7 Å². The average Bonchev–Trinajstić information content (AvgIpc) is 2.73. The van der Waals surface area contributed by atoms with Crippen LogP contribution in [-0.4, -0.2) is 41.9 Å². The highest BCUT2D eigenvalue weighted by molar-refractivity contribution is 6.32. The normalized spacial score (nSPS) is 17.2. The molecule has 1 saturated heterocycles. The molecule has 1 amide bonds. The van der Waals surface area contributed by atoms with Gasteiger partial charge in [-0.2, -0.15) is 0 Å². The Morgan fingerprint density at radius 3 is 2.44 bits per heavy atom. The van der Waals surface area contributed by atoms with Gasteiger partial charge >= 0.3 is 0 Å². The zero-order valence-electron chi connectivity index (χ0n) is 19.4. The predicted octanol–water partition coefficient (Wildman–Crippen LogP) is 5.29. The van der Waals surface area contributed by atoms with Crippen LogP contribution >= 0.6 is 11.6 Å². The molecule has 0 atom stereocenters. The molecule has 0 bridgehead atoms. The highest BCUT2D eigenvalue weighted by Crippen LogP contribution is 2.43. The molecule has 32 heavy (non-hydrogen) atoms. The van der Waals surface area contributed by atoms with Crippen molar-refractivity contribution in [3.63, 3.8) is 0 Å². The van der Waals surface area contributed by atoms with Crippen molar-refractivity contribution in [3.8, 4) is 11.5 Å². The molecule has 0 aliphatic carbocycles. The molecule has 0 saturated carbocycles. The van der Waals surface area contributed by atoms with Gasteiger partial charge in [0.1, 0.15) is 17.1 Å². The van der Waals surface area contributed by atoms with Crippen LogP contribution in [0.4, 0.5) is 0 Å². The van der Waals surface area contributed by atoms with Gasteiger partial charge < -0.3 is 14.4 Å². The van der Waals surface area contributed by atoms with Crippen molar-refractivity contribution < 1.29 is 19.1 Å². The summed E-state index contributed by atoms with van der Waals surface area (Å²) < 4.78 is 12.3. The number of likely N-dealkylation sites (tertiary alicyclic amines) is 1. The van der Waals surface area contributed by atoms with E-state index < -0.39 is 5.60 Å². The van der Waals surface area contributed by atoms with Crippen molar-refractivity contribution in [1.82, 2.24) is 4.90 Å². The molecule has 5 nitrogen and oxygen atoms in total.